The summed E-state index contributed by atoms with van der Waals surface area (Å²) in [6, 6.07) is 10.6. The Hall–Kier alpha value is -2.48. The number of hydrogen-bond acceptors (Lipinski definition) is 6. The number of tetrazole rings is 1. The van der Waals surface area contributed by atoms with Gasteiger partial charge in [-0.1, -0.05) is 48.2 Å². The van der Waals surface area contributed by atoms with Crippen molar-refractivity contribution in [2.45, 2.75) is 36.2 Å². The van der Waals surface area contributed by atoms with Crippen LogP contribution in [-0.4, -0.2) is 35.4 Å². The van der Waals surface area contributed by atoms with Gasteiger partial charge in [-0.15, -0.1) is 10.2 Å². The second-order valence-electron chi connectivity index (χ2n) is 5.72. The van der Waals surface area contributed by atoms with E-state index < -0.39 is 0 Å². The molecule has 0 amide bonds. The van der Waals surface area contributed by atoms with Gasteiger partial charge in [-0.2, -0.15) is 0 Å². The molecular formula is C16H17N7S. The first-order chi connectivity index (χ1) is 11.8. The summed E-state index contributed by atoms with van der Waals surface area (Å²) in [5, 5.41) is 20.1. The van der Waals surface area contributed by atoms with Crippen molar-refractivity contribution in [3.05, 3.63) is 47.5 Å². The lowest BCUT2D eigenvalue weighted by atomic mass is 10.2. The molecule has 0 saturated heterocycles. The Morgan fingerprint density at radius 1 is 1.25 bits per heavy atom. The molecule has 2 aromatic heterocycles. The molecule has 0 radical (unpaired) electrons. The summed E-state index contributed by atoms with van der Waals surface area (Å²) in [6.07, 6.45) is 6.24. The van der Waals surface area contributed by atoms with E-state index in [0.717, 1.165) is 30.1 Å². The van der Waals surface area contributed by atoms with Gasteiger partial charge in [0.2, 0.25) is 5.16 Å². The van der Waals surface area contributed by atoms with Crippen molar-refractivity contribution in [2.75, 3.05) is 0 Å². The third-order valence-corrected chi connectivity index (χ3v) is 4.73. The minimum atomic E-state index is 0.0994. The first-order valence-electron chi connectivity index (χ1n) is 7.89. The lowest BCUT2D eigenvalue weighted by Crippen LogP contribution is -2.05. The van der Waals surface area contributed by atoms with E-state index in [4.69, 9.17) is 0 Å². The van der Waals surface area contributed by atoms with Gasteiger partial charge in [0, 0.05) is 0 Å². The molecule has 24 heavy (non-hydrogen) atoms. The highest BCUT2D eigenvalue weighted by atomic mass is 32.2. The number of aromatic amines is 1. The molecule has 0 spiro atoms. The molecule has 1 N–H and O–H groups in total. The van der Waals surface area contributed by atoms with Crippen molar-refractivity contribution in [1.29, 1.82) is 0 Å². The van der Waals surface area contributed by atoms with E-state index in [-0.39, 0.29) is 5.25 Å². The molecule has 0 aliphatic heterocycles. The van der Waals surface area contributed by atoms with Crippen LogP contribution in [0.1, 0.15) is 48.3 Å². The second kappa shape index (κ2) is 6.56. The Kier molecular flexibility index (Phi) is 4.12. The fourth-order valence-electron chi connectivity index (χ4n) is 2.38. The van der Waals surface area contributed by atoms with Crippen LogP contribution in [0.4, 0.5) is 0 Å². The Morgan fingerprint density at radius 2 is 2.08 bits per heavy atom. The standard InChI is InChI=1S/C16H17N7S/c1-11(15-19-21-22-23(15)13-8-9-13)24-16-17-14(18-20-16)10-7-12-5-3-2-4-6-12/h2-7,10-11,13H,8-9H2,1H3,(H,17,18,20)/b10-7+/t11-/m0/s1. The maximum absolute atomic E-state index is 4.50. The molecule has 1 saturated carbocycles. The molecule has 0 bridgehead atoms. The maximum Gasteiger partial charge on any atom is 0.209 e. The van der Waals surface area contributed by atoms with E-state index in [1.54, 1.807) is 11.8 Å². The summed E-state index contributed by atoms with van der Waals surface area (Å²) < 4.78 is 1.93. The highest BCUT2D eigenvalue weighted by Crippen LogP contribution is 2.38. The van der Waals surface area contributed by atoms with Gasteiger partial charge in [-0.05, 0) is 41.8 Å². The molecule has 7 nitrogen and oxygen atoms in total. The molecule has 1 aliphatic carbocycles. The summed E-state index contributed by atoms with van der Waals surface area (Å²) in [5.41, 5.74) is 1.13. The number of aromatic nitrogens is 7. The summed E-state index contributed by atoms with van der Waals surface area (Å²) in [5.74, 6) is 1.61. The number of benzene rings is 1. The van der Waals surface area contributed by atoms with Crippen molar-refractivity contribution in [3.63, 3.8) is 0 Å². The number of nitrogens with zero attached hydrogens (tertiary/aromatic N) is 6. The third-order valence-electron chi connectivity index (χ3n) is 3.77. The van der Waals surface area contributed by atoms with Gasteiger partial charge in [0.15, 0.2) is 5.82 Å². The van der Waals surface area contributed by atoms with Gasteiger partial charge in [-0.3, -0.25) is 5.10 Å². The zero-order chi connectivity index (χ0) is 16.4. The Morgan fingerprint density at radius 3 is 2.88 bits per heavy atom. The predicted octanol–water partition coefficient (Wildman–Crippen LogP) is 3.15. The van der Waals surface area contributed by atoms with Crippen molar-refractivity contribution in [2.24, 2.45) is 0 Å². The van der Waals surface area contributed by atoms with Crippen LogP contribution in [0.2, 0.25) is 0 Å². The zero-order valence-corrected chi connectivity index (χ0v) is 14.0. The van der Waals surface area contributed by atoms with Crippen LogP contribution in [0.5, 0.6) is 0 Å². The normalized spacial score (nSPS) is 15.9. The van der Waals surface area contributed by atoms with Gasteiger partial charge in [-0.25, -0.2) is 9.67 Å². The molecule has 1 aliphatic rings. The topological polar surface area (TPSA) is 85.2 Å². The molecule has 122 valence electrons. The number of thioether (sulfide) groups is 1. The number of rotatable bonds is 6. The first-order valence-corrected chi connectivity index (χ1v) is 8.77. The summed E-state index contributed by atoms with van der Waals surface area (Å²) in [4.78, 5) is 4.50. The maximum atomic E-state index is 4.50. The Bertz CT molecular complexity index is 835. The molecule has 8 heteroatoms. The van der Waals surface area contributed by atoms with Crippen LogP contribution in [-0.2, 0) is 0 Å². The van der Waals surface area contributed by atoms with Crippen molar-refractivity contribution in [1.82, 2.24) is 35.4 Å². The van der Waals surface area contributed by atoms with E-state index in [1.807, 2.05) is 47.2 Å². The molecule has 1 fully saturated rings. The molecule has 2 heterocycles. The molecular weight excluding hydrogens is 322 g/mol. The monoisotopic (exact) mass is 339 g/mol. The van der Waals surface area contributed by atoms with E-state index in [0.29, 0.717) is 11.2 Å². The van der Waals surface area contributed by atoms with E-state index in [2.05, 4.69) is 37.6 Å². The summed E-state index contributed by atoms with van der Waals surface area (Å²) >= 11 is 1.55. The lowest BCUT2D eigenvalue weighted by molar-refractivity contribution is 0.583. The number of nitrogens with one attached hydrogen (secondary N) is 1. The minimum absolute atomic E-state index is 0.0994. The molecule has 1 aromatic carbocycles. The molecule has 1 atom stereocenters. The van der Waals surface area contributed by atoms with Crippen molar-refractivity contribution >= 4 is 23.9 Å². The van der Waals surface area contributed by atoms with Crippen molar-refractivity contribution < 1.29 is 0 Å². The Balaban J connectivity index is 1.43. The zero-order valence-electron chi connectivity index (χ0n) is 13.2. The summed E-state index contributed by atoms with van der Waals surface area (Å²) in [6.45, 7) is 2.07. The number of hydrogen-bond donors (Lipinski definition) is 1. The van der Waals surface area contributed by atoms with Gasteiger partial charge in [0.1, 0.15) is 5.82 Å². The smallest absolute Gasteiger partial charge is 0.209 e. The van der Waals surface area contributed by atoms with E-state index >= 15 is 0 Å². The molecule has 0 unspecified atom stereocenters. The van der Waals surface area contributed by atoms with Crippen LogP contribution in [0.15, 0.2) is 35.5 Å². The van der Waals surface area contributed by atoms with Crippen LogP contribution in [0, 0.1) is 0 Å². The van der Waals surface area contributed by atoms with E-state index in [9.17, 15) is 0 Å². The predicted molar refractivity (Wildman–Crippen MR) is 92.1 cm³/mol. The van der Waals surface area contributed by atoms with Crippen LogP contribution in [0.25, 0.3) is 12.2 Å². The van der Waals surface area contributed by atoms with Crippen LogP contribution < -0.4 is 0 Å². The fraction of sp³-hybridized carbons (Fsp3) is 0.312. The van der Waals surface area contributed by atoms with Crippen LogP contribution in [0.3, 0.4) is 0 Å². The van der Waals surface area contributed by atoms with E-state index in [1.165, 1.54) is 0 Å². The summed E-state index contributed by atoms with van der Waals surface area (Å²) in [7, 11) is 0. The fourth-order valence-corrected chi connectivity index (χ4v) is 3.21. The third kappa shape index (κ3) is 3.38. The van der Waals surface area contributed by atoms with Crippen molar-refractivity contribution in [3.8, 4) is 0 Å². The number of H-pyrrole nitrogens is 1. The average Bonchev–Trinajstić information content (AvgIpc) is 3.16. The Labute approximate surface area is 143 Å². The van der Waals surface area contributed by atoms with Crippen LogP contribution >= 0.6 is 11.8 Å². The highest BCUT2D eigenvalue weighted by Gasteiger charge is 2.30. The minimum Gasteiger partial charge on any atom is -0.259 e. The first kappa shape index (κ1) is 15.1. The SMILES string of the molecule is C[C@H](Sc1n[nH]c(/C=C/c2ccccc2)n1)c1nnnn1C1CC1. The molecule has 4 rings (SSSR count). The molecule has 3 aromatic rings. The quantitative estimate of drug-likeness (QED) is 0.694. The van der Waals surface area contributed by atoms with Gasteiger partial charge in [0.25, 0.3) is 0 Å². The van der Waals surface area contributed by atoms with Gasteiger partial charge in [0.05, 0.1) is 11.3 Å². The van der Waals surface area contributed by atoms with Gasteiger partial charge >= 0.3 is 0 Å². The van der Waals surface area contributed by atoms with Gasteiger partial charge < -0.3 is 0 Å². The second-order valence-corrected chi connectivity index (χ2v) is 7.03. The highest BCUT2D eigenvalue weighted by molar-refractivity contribution is 7.99. The average molecular weight is 339 g/mol. The largest absolute Gasteiger partial charge is 0.259 e. The lowest BCUT2D eigenvalue weighted by Gasteiger charge is -2.08.